The number of Topliss-reactive ketones (excluding diaryl/α,β-unsaturated/α-hetero) is 1. The highest BCUT2D eigenvalue weighted by Crippen LogP contribution is 2.06. The molecule has 0 N–H and O–H groups in total. The molecule has 0 radical (unpaired) electrons. The predicted molar refractivity (Wildman–Crippen MR) is 62.6 cm³/mol. The highest BCUT2D eigenvalue weighted by atomic mass is 32.2. The Hall–Kier alpha value is -0.380. The number of hydrogen-bond acceptors (Lipinski definition) is 3. The number of ketones is 1. The van der Waals surface area contributed by atoms with Gasteiger partial charge < -0.3 is 4.79 Å². The van der Waals surface area contributed by atoms with E-state index < -0.39 is 9.84 Å². The van der Waals surface area contributed by atoms with Crippen molar-refractivity contribution in [2.45, 2.75) is 46.5 Å². The van der Waals surface area contributed by atoms with Gasteiger partial charge in [-0.15, -0.1) is 0 Å². The monoisotopic (exact) mass is 234 g/mol. The molecule has 0 aromatic rings. The van der Waals surface area contributed by atoms with Gasteiger partial charge in [0, 0.05) is 6.42 Å². The molecule has 0 unspecified atom stereocenters. The minimum atomic E-state index is -2.89. The van der Waals surface area contributed by atoms with Crippen molar-refractivity contribution in [2.24, 2.45) is 5.92 Å². The zero-order valence-electron chi connectivity index (χ0n) is 9.95. The van der Waals surface area contributed by atoms with E-state index in [0.29, 0.717) is 25.2 Å². The van der Waals surface area contributed by atoms with E-state index in [0.717, 1.165) is 6.42 Å². The van der Waals surface area contributed by atoms with Gasteiger partial charge in [-0.2, -0.15) is 0 Å². The molecule has 0 bridgehead atoms. The smallest absolute Gasteiger partial charge is 0.150 e. The van der Waals surface area contributed by atoms with Gasteiger partial charge in [0.05, 0.1) is 11.5 Å². The van der Waals surface area contributed by atoms with Crippen molar-refractivity contribution in [3.05, 3.63) is 0 Å². The second-order valence-corrected chi connectivity index (χ2v) is 6.80. The van der Waals surface area contributed by atoms with E-state index in [1.807, 2.05) is 13.8 Å². The van der Waals surface area contributed by atoms with Crippen molar-refractivity contribution < 1.29 is 13.2 Å². The van der Waals surface area contributed by atoms with Gasteiger partial charge in [-0.1, -0.05) is 13.8 Å². The first-order valence-electron chi connectivity index (χ1n) is 5.53. The van der Waals surface area contributed by atoms with E-state index in [1.54, 1.807) is 0 Å². The Bertz CT molecular complexity index is 278. The summed E-state index contributed by atoms with van der Waals surface area (Å²) in [7, 11) is -2.89. The Morgan fingerprint density at radius 2 is 1.73 bits per heavy atom. The third-order valence-electron chi connectivity index (χ3n) is 2.24. The summed E-state index contributed by atoms with van der Waals surface area (Å²) in [6, 6.07) is 0. The van der Waals surface area contributed by atoms with Gasteiger partial charge >= 0.3 is 0 Å². The van der Waals surface area contributed by atoms with Crippen LogP contribution in [0.15, 0.2) is 0 Å². The predicted octanol–water partition coefficient (Wildman–Crippen LogP) is 2.21. The normalized spacial score (nSPS) is 12.0. The number of unbranched alkanes of at least 4 members (excludes halogenated alkanes) is 1. The molecule has 0 heterocycles. The topological polar surface area (TPSA) is 51.2 Å². The van der Waals surface area contributed by atoms with Crippen LogP contribution in [0.4, 0.5) is 0 Å². The van der Waals surface area contributed by atoms with Gasteiger partial charge in [0.25, 0.3) is 0 Å². The van der Waals surface area contributed by atoms with Gasteiger partial charge in [-0.25, -0.2) is 8.42 Å². The zero-order valence-corrected chi connectivity index (χ0v) is 10.8. The summed E-state index contributed by atoms with van der Waals surface area (Å²) in [6.07, 6.45) is 2.53. The Labute approximate surface area is 93.2 Å². The molecular formula is C11H22O3S. The maximum absolute atomic E-state index is 11.5. The van der Waals surface area contributed by atoms with E-state index in [2.05, 4.69) is 0 Å². The van der Waals surface area contributed by atoms with Crippen LogP contribution in [0.3, 0.4) is 0 Å². The lowest BCUT2D eigenvalue weighted by atomic mass is 10.2. The first kappa shape index (κ1) is 14.6. The second-order valence-electron chi connectivity index (χ2n) is 4.49. The first-order chi connectivity index (χ1) is 6.83. The molecule has 0 aliphatic rings. The molecule has 4 heteroatoms. The molecule has 0 aromatic heterocycles. The summed E-state index contributed by atoms with van der Waals surface area (Å²) in [6.45, 7) is 5.57. The molecule has 15 heavy (non-hydrogen) atoms. The summed E-state index contributed by atoms with van der Waals surface area (Å²) in [5, 5.41) is 0. The highest BCUT2D eigenvalue weighted by molar-refractivity contribution is 7.91. The molecule has 0 spiro atoms. The van der Waals surface area contributed by atoms with Gasteiger partial charge in [-0.3, -0.25) is 0 Å². The van der Waals surface area contributed by atoms with Crippen LogP contribution in [0.2, 0.25) is 0 Å². The van der Waals surface area contributed by atoms with Crippen LogP contribution in [0.25, 0.3) is 0 Å². The molecule has 0 saturated carbocycles. The fourth-order valence-corrected chi connectivity index (χ4v) is 2.89. The summed E-state index contributed by atoms with van der Waals surface area (Å²) < 4.78 is 23.0. The number of hydrogen-bond donors (Lipinski definition) is 0. The lowest BCUT2D eigenvalue weighted by Gasteiger charge is -2.05. The number of carbonyl (C=O) groups excluding carboxylic acids is 1. The van der Waals surface area contributed by atoms with Gasteiger partial charge in [-0.05, 0) is 32.1 Å². The molecule has 0 saturated heterocycles. The minimum Gasteiger partial charge on any atom is -0.300 e. The summed E-state index contributed by atoms with van der Waals surface area (Å²) >= 11 is 0. The van der Waals surface area contributed by atoms with Gasteiger partial charge in [0.1, 0.15) is 15.6 Å². The number of rotatable bonds is 8. The van der Waals surface area contributed by atoms with Crippen LogP contribution in [0.5, 0.6) is 0 Å². The van der Waals surface area contributed by atoms with Crippen molar-refractivity contribution in [2.75, 3.05) is 11.5 Å². The number of carbonyl (C=O) groups is 1. The van der Waals surface area contributed by atoms with Gasteiger partial charge in [0.15, 0.2) is 0 Å². The van der Waals surface area contributed by atoms with E-state index in [9.17, 15) is 13.2 Å². The molecule has 3 nitrogen and oxygen atoms in total. The lowest BCUT2D eigenvalue weighted by molar-refractivity contribution is -0.117. The summed E-state index contributed by atoms with van der Waals surface area (Å²) in [5.41, 5.74) is 0. The fraction of sp³-hybridized carbons (Fsp3) is 0.909. The largest absolute Gasteiger partial charge is 0.300 e. The Morgan fingerprint density at radius 1 is 1.13 bits per heavy atom. The highest BCUT2D eigenvalue weighted by Gasteiger charge is 2.11. The van der Waals surface area contributed by atoms with Gasteiger partial charge in [0.2, 0.25) is 0 Å². The van der Waals surface area contributed by atoms with Crippen LogP contribution in [-0.2, 0) is 14.6 Å². The number of sulfone groups is 1. The van der Waals surface area contributed by atoms with Crippen molar-refractivity contribution in [3.63, 3.8) is 0 Å². The zero-order chi connectivity index (χ0) is 11.9. The molecule has 90 valence electrons. The minimum absolute atomic E-state index is 0.134. The van der Waals surface area contributed by atoms with Crippen molar-refractivity contribution in [1.82, 2.24) is 0 Å². The molecule has 0 aliphatic carbocycles. The second kappa shape index (κ2) is 6.99. The Balaban J connectivity index is 3.70. The summed E-state index contributed by atoms with van der Waals surface area (Å²) in [4.78, 5) is 10.6. The van der Waals surface area contributed by atoms with E-state index in [1.165, 1.54) is 6.92 Å². The lowest BCUT2D eigenvalue weighted by Crippen LogP contribution is -2.13. The summed E-state index contributed by atoms with van der Waals surface area (Å²) in [5.74, 6) is 1.07. The molecule has 0 fully saturated rings. The molecule has 0 aromatic carbocycles. The SMILES string of the molecule is CC(=O)CCCCS(=O)(=O)CCC(C)C. The Kier molecular flexibility index (Phi) is 6.81. The maximum atomic E-state index is 11.5. The van der Waals surface area contributed by atoms with Crippen LogP contribution in [0, 0.1) is 5.92 Å². The van der Waals surface area contributed by atoms with Crippen LogP contribution in [0.1, 0.15) is 46.5 Å². The van der Waals surface area contributed by atoms with E-state index >= 15 is 0 Å². The van der Waals surface area contributed by atoms with Crippen LogP contribution >= 0.6 is 0 Å². The maximum Gasteiger partial charge on any atom is 0.150 e. The molecular weight excluding hydrogens is 212 g/mol. The molecule has 0 amide bonds. The average Bonchev–Trinajstić information content (AvgIpc) is 2.09. The van der Waals surface area contributed by atoms with Crippen LogP contribution < -0.4 is 0 Å². The van der Waals surface area contributed by atoms with Crippen LogP contribution in [-0.4, -0.2) is 25.7 Å². The fourth-order valence-electron chi connectivity index (χ4n) is 1.21. The first-order valence-corrected chi connectivity index (χ1v) is 7.35. The van der Waals surface area contributed by atoms with Crippen molar-refractivity contribution in [1.29, 1.82) is 0 Å². The molecule has 0 atom stereocenters. The third-order valence-corrected chi connectivity index (χ3v) is 4.01. The van der Waals surface area contributed by atoms with E-state index in [-0.39, 0.29) is 17.3 Å². The average molecular weight is 234 g/mol. The third kappa shape index (κ3) is 9.91. The van der Waals surface area contributed by atoms with Crippen molar-refractivity contribution >= 4 is 15.6 Å². The Morgan fingerprint density at radius 3 is 2.20 bits per heavy atom. The molecule has 0 rings (SSSR count). The van der Waals surface area contributed by atoms with E-state index in [4.69, 9.17) is 0 Å². The van der Waals surface area contributed by atoms with Crippen molar-refractivity contribution in [3.8, 4) is 0 Å². The quantitative estimate of drug-likeness (QED) is 0.605. The standard InChI is InChI=1S/C11H22O3S/c1-10(2)7-9-15(13,14)8-5-4-6-11(3)12/h10H,4-9H2,1-3H3. The molecule has 0 aliphatic heterocycles.